The summed E-state index contributed by atoms with van der Waals surface area (Å²) in [6, 6.07) is 16.0. The summed E-state index contributed by atoms with van der Waals surface area (Å²) in [7, 11) is 2.12. The Hall–Kier alpha value is -3.17. The number of nitrogens with one attached hydrogen (secondary N) is 1. The van der Waals surface area contributed by atoms with Crippen molar-refractivity contribution in [2.24, 2.45) is 0 Å². The third-order valence-corrected chi connectivity index (χ3v) is 4.71. The molecule has 0 radical (unpaired) electrons. The van der Waals surface area contributed by atoms with Crippen molar-refractivity contribution in [1.82, 2.24) is 14.9 Å². The van der Waals surface area contributed by atoms with Gasteiger partial charge in [0, 0.05) is 43.4 Å². The summed E-state index contributed by atoms with van der Waals surface area (Å²) < 4.78 is 0. The van der Waals surface area contributed by atoms with Crippen molar-refractivity contribution >= 4 is 28.2 Å². The number of rotatable bonds is 3. The molecule has 1 aliphatic heterocycles. The highest BCUT2D eigenvalue weighted by Crippen LogP contribution is 2.26. The van der Waals surface area contributed by atoms with E-state index in [-0.39, 0.29) is 0 Å². The number of benzene rings is 2. The fraction of sp³-hybridized carbons (Fsp3) is 0.250. The smallest absolute Gasteiger partial charge is 0.227 e. The molecule has 1 N–H and O–H groups in total. The van der Waals surface area contributed by atoms with E-state index < -0.39 is 0 Å². The van der Waals surface area contributed by atoms with E-state index in [9.17, 15) is 5.26 Å². The van der Waals surface area contributed by atoms with Gasteiger partial charge in [0.2, 0.25) is 5.95 Å². The summed E-state index contributed by atoms with van der Waals surface area (Å²) in [5, 5.41) is 13.8. The Bertz CT molecular complexity index is 969. The number of hydrogen-bond donors (Lipinski definition) is 1. The topological polar surface area (TPSA) is 68.1 Å². The number of aromatic nitrogens is 2. The number of likely N-dealkylation sites (N-methyl/N-ethyl adjacent to an activating group) is 1. The van der Waals surface area contributed by atoms with Crippen LogP contribution in [0.4, 0.5) is 17.3 Å². The van der Waals surface area contributed by atoms with Crippen LogP contribution < -0.4 is 10.2 Å². The molecule has 2 aromatic carbocycles. The van der Waals surface area contributed by atoms with Gasteiger partial charge in [-0.3, -0.25) is 0 Å². The number of fused-ring (bicyclic) bond motifs is 1. The molecule has 130 valence electrons. The van der Waals surface area contributed by atoms with E-state index in [0.717, 1.165) is 48.5 Å². The molecule has 26 heavy (non-hydrogen) atoms. The first-order valence-electron chi connectivity index (χ1n) is 8.69. The highest BCUT2D eigenvalue weighted by molar-refractivity contribution is 5.79. The van der Waals surface area contributed by atoms with Crippen molar-refractivity contribution in [1.29, 1.82) is 5.26 Å². The zero-order valence-corrected chi connectivity index (χ0v) is 14.7. The monoisotopic (exact) mass is 344 g/mol. The lowest BCUT2D eigenvalue weighted by molar-refractivity contribution is 0.313. The van der Waals surface area contributed by atoms with Gasteiger partial charge in [0.05, 0.1) is 16.8 Å². The van der Waals surface area contributed by atoms with Crippen LogP contribution in [0.5, 0.6) is 0 Å². The molecule has 6 nitrogen and oxygen atoms in total. The van der Waals surface area contributed by atoms with Crippen LogP contribution in [0.2, 0.25) is 0 Å². The number of anilines is 3. The molecule has 1 saturated heterocycles. The minimum Gasteiger partial charge on any atom is -0.368 e. The fourth-order valence-corrected chi connectivity index (χ4v) is 3.19. The Balaban J connectivity index is 1.58. The number of nitriles is 1. The summed E-state index contributed by atoms with van der Waals surface area (Å²) in [5.41, 5.74) is 3.36. The van der Waals surface area contributed by atoms with Gasteiger partial charge >= 0.3 is 0 Å². The number of nitrogens with zero attached hydrogens (tertiary/aromatic N) is 5. The first-order chi connectivity index (χ1) is 12.7. The molecule has 0 unspecified atom stereocenters. The van der Waals surface area contributed by atoms with Crippen molar-refractivity contribution in [2.75, 3.05) is 43.4 Å². The van der Waals surface area contributed by atoms with Gasteiger partial charge in [-0.05, 0) is 31.3 Å². The van der Waals surface area contributed by atoms with E-state index in [1.54, 1.807) is 6.20 Å². The second kappa shape index (κ2) is 6.98. The highest BCUT2D eigenvalue weighted by Gasteiger charge is 2.17. The van der Waals surface area contributed by atoms with E-state index in [4.69, 9.17) is 0 Å². The van der Waals surface area contributed by atoms with Gasteiger partial charge < -0.3 is 15.1 Å². The van der Waals surface area contributed by atoms with Gasteiger partial charge in [-0.2, -0.15) is 5.26 Å². The van der Waals surface area contributed by atoms with Crippen LogP contribution in [0.3, 0.4) is 0 Å². The summed E-state index contributed by atoms with van der Waals surface area (Å²) in [6.45, 7) is 3.89. The molecule has 0 spiro atoms. The third kappa shape index (κ3) is 3.30. The molecule has 1 aliphatic rings. The molecule has 4 rings (SSSR count). The first kappa shape index (κ1) is 16.3. The molecule has 3 aromatic rings. The highest BCUT2D eigenvalue weighted by atomic mass is 15.2. The van der Waals surface area contributed by atoms with E-state index in [1.165, 1.54) is 0 Å². The van der Waals surface area contributed by atoms with Crippen molar-refractivity contribution in [3.05, 3.63) is 54.2 Å². The van der Waals surface area contributed by atoms with Gasteiger partial charge in [-0.15, -0.1) is 0 Å². The number of piperazine rings is 1. The van der Waals surface area contributed by atoms with Gasteiger partial charge in [0.25, 0.3) is 0 Å². The molecule has 0 aliphatic carbocycles. The lowest BCUT2D eigenvalue weighted by atomic mass is 10.1. The van der Waals surface area contributed by atoms with Crippen molar-refractivity contribution in [3.63, 3.8) is 0 Å². The second-order valence-corrected chi connectivity index (χ2v) is 6.51. The summed E-state index contributed by atoms with van der Waals surface area (Å²) in [4.78, 5) is 13.5. The fourth-order valence-electron chi connectivity index (χ4n) is 3.19. The van der Waals surface area contributed by atoms with Crippen LogP contribution in [-0.4, -0.2) is 48.1 Å². The molecule has 0 saturated carbocycles. The minimum absolute atomic E-state index is 0.528. The lowest BCUT2D eigenvalue weighted by Crippen LogP contribution is -2.44. The molecule has 6 heteroatoms. The van der Waals surface area contributed by atoms with Crippen LogP contribution in [0.15, 0.2) is 48.7 Å². The molecule has 2 heterocycles. The largest absolute Gasteiger partial charge is 0.368 e. The Morgan fingerprint density at radius 3 is 2.69 bits per heavy atom. The van der Waals surface area contributed by atoms with Crippen molar-refractivity contribution < 1.29 is 0 Å². The normalized spacial score (nSPS) is 15.0. The van der Waals surface area contributed by atoms with Gasteiger partial charge in [-0.1, -0.05) is 18.2 Å². The molecule has 0 bridgehead atoms. The van der Waals surface area contributed by atoms with Crippen molar-refractivity contribution in [2.45, 2.75) is 0 Å². The zero-order chi connectivity index (χ0) is 17.9. The second-order valence-electron chi connectivity index (χ2n) is 6.51. The zero-order valence-electron chi connectivity index (χ0n) is 14.7. The first-order valence-corrected chi connectivity index (χ1v) is 8.69. The summed E-state index contributed by atoms with van der Waals surface area (Å²) in [6.07, 6.45) is 1.80. The quantitative estimate of drug-likeness (QED) is 0.788. The third-order valence-electron chi connectivity index (χ3n) is 4.71. The molecular formula is C20H20N6. The molecule has 0 amide bonds. The minimum atomic E-state index is 0.528. The van der Waals surface area contributed by atoms with Crippen LogP contribution in [-0.2, 0) is 0 Å². The number of hydrogen-bond acceptors (Lipinski definition) is 6. The summed E-state index contributed by atoms with van der Waals surface area (Å²) in [5.74, 6) is 0.528. The van der Waals surface area contributed by atoms with Crippen LogP contribution >= 0.6 is 0 Å². The van der Waals surface area contributed by atoms with Crippen LogP contribution in [0.1, 0.15) is 5.56 Å². The Morgan fingerprint density at radius 2 is 1.88 bits per heavy atom. The molecule has 1 fully saturated rings. The standard InChI is InChI=1S/C20H20N6/c1-25-8-10-26(11-9-25)19-7-6-17(12-16(19)13-21)23-20-22-14-15-4-2-3-5-18(15)24-20/h2-7,12,14H,8-11H2,1H3,(H,22,23,24). The average molecular weight is 344 g/mol. The average Bonchev–Trinajstić information content (AvgIpc) is 2.68. The SMILES string of the molecule is CN1CCN(c2ccc(Nc3ncc4ccccc4n3)cc2C#N)CC1. The lowest BCUT2D eigenvalue weighted by Gasteiger charge is -2.34. The molecule has 0 atom stereocenters. The van der Waals surface area contributed by atoms with Gasteiger partial charge in [0.1, 0.15) is 6.07 Å². The maximum Gasteiger partial charge on any atom is 0.227 e. The van der Waals surface area contributed by atoms with Gasteiger partial charge in [0.15, 0.2) is 0 Å². The van der Waals surface area contributed by atoms with Crippen molar-refractivity contribution in [3.8, 4) is 6.07 Å². The molecular weight excluding hydrogens is 324 g/mol. The van der Waals surface area contributed by atoms with Crippen LogP contribution in [0.25, 0.3) is 10.9 Å². The molecule has 1 aromatic heterocycles. The van der Waals surface area contributed by atoms with E-state index in [1.807, 2.05) is 42.5 Å². The predicted molar refractivity (Wildman–Crippen MR) is 104 cm³/mol. The van der Waals surface area contributed by atoms with E-state index >= 15 is 0 Å². The Labute approximate surface area is 152 Å². The van der Waals surface area contributed by atoms with Gasteiger partial charge in [-0.25, -0.2) is 9.97 Å². The maximum atomic E-state index is 9.59. The van der Waals surface area contributed by atoms with E-state index in [0.29, 0.717) is 11.5 Å². The van der Waals surface area contributed by atoms with Crippen LogP contribution in [0, 0.1) is 11.3 Å². The van der Waals surface area contributed by atoms with E-state index in [2.05, 4.69) is 38.2 Å². The Morgan fingerprint density at radius 1 is 1.08 bits per heavy atom. The Kier molecular flexibility index (Phi) is 4.38. The summed E-state index contributed by atoms with van der Waals surface area (Å²) >= 11 is 0. The number of para-hydroxylation sites is 1. The maximum absolute atomic E-state index is 9.59. The predicted octanol–water partition coefficient (Wildman–Crippen LogP) is 3.00.